The van der Waals surface area contributed by atoms with Crippen LogP contribution in [-0.2, 0) is 0 Å². The van der Waals surface area contributed by atoms with Crippen LogP contribution in [-0.4, -0.2) is 30.8 Å². The Labute approximate surface area is 81.7 Å². The highest BCUT2D eigenvalue weighted by molar-refractivity contribution is 4.75. The second-order valence-electron chi connectivity index (χ2n) is 3.45. The maximum Gasteiger partial charge on any atom is 0.0443 e. The third-order valence-corrected chi connectivity index (χ3v) is 2.61. The van der Waals surface area contributed by atoms with Gasteiger partial charge in [0.1, 0.15) is 0 Å². The van der Waals surface area contributed by atoms with Gasteiger partial charge in [0.05, 0.1) is 0 Å². The third kappa shape index (κ3) is 5.24. The Morgan fingerprint density at radius 3 is 2.31 bits per heavy atom. The molecule has 0 rings (SSSR count). The topological polar surface area (TPSA) is 58.3 Å². The van der Waals surface area contributed by atoms with Crippen LogP contribution in [0.5, 0.6) is 0 Å². The zero-order valence-electron chi connectivity index (χ0n) is 8.92. The lowest BCUT2D eigenvalue weighted by Gasteiger charge is -2.24. The van der Waals surface area contributed by atoms with E-state index in [9.17, 15) is 0 Å². The van der Waals surface area contributed by atoms with Crippen molar-refractivity contribution >= 4 is 0 Å². The molecule has 3 heteroatoms. The van der Waals surface area contributed by atoms with Crippen molar-refractivity contribution in [1.82, 2.24) is 5.32 Å². The van der Waals surface area contributed by atoms with E-state index in [1.807, 2.05) is 0 Å². The number of aliphatic hydroxyl groups excluding tert-OH is 1. The van der Waals surface area contributed by atoms with Crippen molar-refractivity contribution in [2.75, 3.05) is 19.7 Å². The minimum absolute atomic E-state index is 0.257. The van der Waals surface area contributed by atoms with Gasteiger partial charge in [-0.2, -0.15) is 0 Å². The van der Waals surface area contributed by atoms with Crippen LogP contribution in [0.1, 0.15) is 33.1 Å². The molecule has 0 spiro atoms. The Balaban J connectivity index is 3.71. The fourth-order valence-electron chi connectivity index (χ4n) is 1.67. The first-order valence-corrected chi connectivity index (χ1v) is 5.34. The molecule has 0 aliphatic carbocycles. The maximum absolute atomic E-state index is 8.63. The number of hydrogen-bond donors (Lipinski definition) is 3. The highest BCUT2D eigenvalue weighted by atomic mass is 16.3. The lowest BCUT2D eigenvalue weighted by molar-refractivity contribution is 0.273. The molecule has 0 aliphatic rings. The summed E-state index contributed by atoms with van der Waals surface area (Å²) >= 11 is 0. The average molecular weight is 188 g/mol. The molecule has 0 radical (unpaired) electrons. The van der Waals surface area contributed by atoms with Gasteiger partial charge < -0.3 is 16.2 Å². The fraction of sp³-hybridized carbons (Fsp3) is 1.00. The van der Waals surface area contributed by atoms with Gasteiger partial charge in [-0.05, 0) is 18.9 Å². The molecule has 0 fully saturated rings. The molecule has 0 bridgehead atoms. The van der Waals surface area contributed by atoms with E-state index in [2.05, 4.69) is 19.2 Å². The van der Waals surface area contributed by atoms with Gasteiger partial charge in [0.15, 0.2) is 0 Å². The molecule has 1 atom stereocenters. The van der Waals surface area contributed by atoms with Crippen molar-refractivity contribution in [2.45, 2.75) is 39.2 Å². The minimum atomic E-state index is 0.257. The molecule has 1 unspecified atom stereocenters. The Morgan fingerprint density at radius 2 is 1.92 bits per heavy atom. The summed E-state index contributed by atoms with van der Waals surface area (Å²) in [6.07, 6.45) is 3.16. The summed E-state index contributed by atoms with van der Waals surface area (Å²) in [4.78, 5) is 0. The Hall–Kier alpha value is -0.120. The highest BCUT2D eigenvalue weighted by Crippen LogP contribution is 2.11. The summed E-state index contributed by atoms with van der Waals surface area (Å²) in [5.74, 6) is 0.670. The molecule has 4 N–H and O–H groups in total. The fourth-order valence-corrected chi connectivity index (χ4v) is 1.67. The number of hydrogen-bond acceptors (Lipinski definition) is 3. The molecule has 0 aromatic carbocycles. The molecule has 80 valence electrons. The number of aliphatic hydroxyl groups is 1. The maximum atomic E-state index is 8.63. The first-order chi connectivity index (χ1) is 6.29. The van der Waals surface area contributed by atoms with Crippen LogP contribution in [0.2, 0.25) is 0 Å². The Bertz CT molecular complexity index is 105. The first-order valence-electron chi connectivity index (χ1n) is 5.34. The molecule has 0 aromatic rings. The first kappa shape index (κ1) is 12.9. The standard InChI is InChI=1S/C10H24N2O/c1-3-9(4-2)10(8-11)12-6-5-7-13/h9-10,12-13H,3-8,11H2,1-2H3. The molecule has 0 saturated heterocycles. The van der Waals surface area contributed by atoms with Gasteiger partial charge in [-0.3, -0.25) is 0 Å². The second-order valence-corrected chi connectivity index (χ2v) is 3.45. The van der Waals surface area contributed by atoms with Gasteiger partial charge in [-0.1, -0.05) is 26.7 Å². The van der Waals surface area contributed by atoms with E-state index in [1.165, 1.54) is 12.8 Å². The second kappa shape index (κ2) is 8.48. The van der Waals surface area contributed by atoms with Crippen molar-refractivity contribution < 1.29 is 5.11 Å². The van der Waals surface area contributed by atoms with Crippen LogP contribution in [0.25, 0.3) is 0 Å². The number of rotatable bonds is 8. The van der Waals surface area contributed by atoms with E-state index < -0.39 is 0 Å². The highest BCUT2D eigenvalue weighted by Gasteiger charge is 2.15. The smallest absolute Gasteiger partial charge is 0.0443 e. The summed E-state index contributed by atoms with van der Waals surface area (Å²) in [5, 5.41) is 12.0. The van der Waals surface area contributed by atoms with Crippen LogP contribution >= 0.6 is 0 Å². The minimum Gasteiger partial charge on any atom is -0.396 e. The summed E-state index contributed by atoms with van der Waals surface area (Å²) in [6, 6.07) is 0.418. The Morgan fingerprint density at radius 1 is 1.31 bits per heavy atom. The van der Waals surface area contributed by atoms with Gasteiger partial charge >= 0.3 is 0 Å². The molecule has 0 aromatic heterocycles. The lowest BCUT2D eigenvalue weighted by Crippen LogP contribution is -2.42. The van der Waals surface area contributed by atoms with E-state index in [0.717, 1.165) is 13.0 Å². The predicted molar refractivity (Wildman–Crippen MR) is 56.6 cm³/mol. The Kier molecular flexibility index (Phi) is 8.40. The van der Waals surface area contributed by atoms with E-state index in [-0.39, 0.29) is 6.61 Å². The summed E-state index contributed by atoms with van der Waals surface area (Å²) in [5.41, 5.74) is 5.68. The molecular weight excluding hydrogens is 164 g/mol. The van der Waals surface area contributed by atoms with Gasteiger partial charge in [0, 0.05) is 19.2 Å². The van der Waals surface area contributed by atoms with Crippen LogP contribution < -0.4 is 11.1 Å². The van der Waals surface area contributed by atoms with Crippen LogP contribution in [0.4, 0.5) is 0 Å². The third-order valence-electron chi connectivity index (χ3n) is 2.61. The van der Waals surface area contributed by atoms with Crippen molar-refractivity contribution in [3.05, 3.63) is 0 Å². The van der Waals surface area contributed by atoms with Crippen LogP contribution in [0.3, 0.4) is 0 Å². The van der Waals surface area contributed by atoms with Gasteiger partial charge in [0.2, 0.25) is 0 Å². The van der Waals surface area contributed by atoms with E-state index in [4.69, 9.17) is 10.8 Å². The summed E-state index contributed by atoms with van der Waals surface area (Å²) < 4.78 is 0. The summed E-state index contributed by atoms with van der Waals surface area (Å²) in [6.45, 7) is 6.22. The average Bonchev–Trinajstić information content (AvgIpc) is 2.17. The summed E-state index contributed by atoms with van der Waals surface area (Å²) in [7, 11) is 0. The van der Waals surface area contributed by atoms with Crippen molar-refractivity contribution in [2.24, 2.45) is 11.7 Å². The number of nitrogens with one attached hydrogen (secondary N) is 1. The van der Waals surface area contributed by atoms with E-state index in [1.54, 1.807) is 0 Å². The quantitative estimate of drug-likeness (QED) is 0.492. The zero-order valence-corrected chi connectivity index (χ0v) is 8.92. The van der Waals surface area contributed by atoms with Crippen molar-refractivity contribution in [3.8, 4) is 0 Å². The molecule has 0 saturated carbocycles. The van der Waals surface area contributed by atoms with Crippen LogP contribution in [0.15, 0.2) is 0 Å². The SMILES string of the molecule is CCC(CC)C(CN)NCCCO. The normalized spacial score (nSPS) is 13.6. The predicted octanol–water partition coefficient (Wildman–Crippen LogP) is 0.722. The molecule has 0 aliphatic heterocycles. The monoisotopic (exact) mass is 188 g/mol. The zero-order chi connectivity index (χ0) is 10.1. The molecular formula is C10H24N2O. The molecule has 0 heterocycles. The van der Waals surface area contributed by atoms with Gasteiger partial charge in [-0.15, -0.1) is 0 Å². The van der Waals surface area contributed by atoms with Gasteiger partial charge in [0.25, 0.3) is 0 Å². The largest absolute Gasteiger partial charge is 0.396 e. The lowest BCUT2D eigenvalue weighted by atomic mass is 9.94. The molecule has 0 amide bonds. The molecule has 13 heavy (non-hydrogen) atoms. The molecule has 3 nitrogen and oxygen atoms in total. The number of nitrogens with two attached hydrogens (primary N) is 1. The van der Waals surface area contributed by atoms with Crippen molar-refractivity contribution in [1.29, 1.82) is 0 Å². The van der Waals surface area contributed by atoms with E-state index in [0.29, 0.717) is 18.5 Å². The van der Waals surface area contributed by atoms with Crippen molar-refractivity contribution in [3.63, 3.8) is 0 Å². The van der Waals surface area contributed by atoms with E-state index >= 15 is 0 Å². The van der Waals surface area contributed by atoms with Crippen LogP contribution in [0, 0.1) is 5.92 Å². The van der Waals surface area contributed by atoms with Gasteiger partial charge in [-0.25, -0.2) is 0 Å².